The zero-order valence-electron chi connectivity index (χ0n) is 12.7. The second-order valence-electron chi connectivity index (χ2n) is 4.78. The minimum absolute atomic E-state index is 0.0844. The first kappa shape index (κ1) is 17.2. The molecule has 0 saturated carbocycles. The number of nitrogens with one attached hydrogen (secondary N) is 1. The highest BCUT2D eigenvalue weighted by Crippen LogP contribution is 2.21. The van der Waals surface area contributed by atoms with Crippen molar-refractivity contribution in [2.45, 2.75) is 26.3 Å². The van der Waals surface area contributed by atoms with Crippen LogP contribution in [0.1, 0.15) is 31.9 Å². The Balaban J connectivity index is 2.72. The Labute approximate surface area is 124 Å². The molecule has 6 heteroatoms. The largest absolute Gasteiger partial charge is 0.494 e. The molecule has 2 N–H and O–H groups in total. The maximum absolute atomic E-state index is 13.7. The van der Waals surface area contributed by atoms with E-state index in [2.05, 4.69) is 5.32 Å². The minimum atomic E-state index is -0.461. The summed E-state index contributed by atoms with van der Waals surface area (Å²) in [4.78, 5) is 13.6. The van der Waals surface area contributed by atoms with E-state index in [1.54, 1.807) is 13.0 Å². The fraction of sp³-hybridized carbons (Fsp3) is 0.533. The Hall–Kier alpha value is -1.82. The number of carbonyl (C=O) groups is 1. The van der Waals surface area contributed by atoms with Crippen LogP contribution < -0.4 is 10.1 Å². The van der Waals surface area contributed by atoms with Gasteiger partial charge in [0.25, 0.3) is 0 Å². The van der Waals surface area contributed by atoms with Gasteiger partial charge in [0.15, 0.2) is 11.6 Å². The van der Waals surface area contributed by atoms with E-state index in [9.17, 15) is 9.18 Å². The fourth-order valence-corrected chi connectivity index (χ4v) is 2.02. The predicted octanol–water partition coefficient (Wildman–Crippen LogP) is 2.31. The number of amides is 2. The van der Waals surface area contributed by atoms with Crippen LogP contribution in [-0.4, -0.2) is 42.8 Å². The van der Waals surface area contributed by atoms with Crippen LogP contribution in [0.2, 0.25) is 0 Å². The molecule has 0 bridgehead atoms. The van der Waals surface area contributed by atoms with Gasteiger partial charge in [-0.3, -0.25) is 0 Å². The third-order valence-corrected chi connectivity index (χ3v) is 3.17. The molecule has 1 unspecified atom stereocenters. The van der Waals surface area contributed by atoms with Crippen molar-refractivity contribution in [3.8, 4) is 5.75 Å². The number of urea groups is 1. The lowest BCUT2D eigenvalue weighted by Gasteiger charge is -2.24. The van der Waals surface area contributed by atoms with Crippen LogP contribution in [0.15, 0.2) is 18.2 Å². The van der Waals surface area contributed by atoms with Gasteiger partial charge in [-0.2, -0.15) is 0 Å². The second-order valence-corrected chi connectivity index (χ2v) is 4.78. The lowest BCUT2D eigenvalue weighted by molar-refractivity contribution is 0.174. The molecule has 5 nitrogen and oxygen atoms in total. The van der Waals surface area contributed by atoms with E-state index >= 15 is 0 Å². The number of rotatable bonds is 7. The van der Waals surface area contributed by atoms with Crippen molar-refractivity contribution in [3.63, 3.8) is 0 Å². The van der Waals surface area contributed by atoms with Gasteiger partial charge in [-0.05, 0) is 31.0 Å². The molecule has 0 spiro atoms. The van der Waals surface area contributed by atoms with Crippen LogP contribution in [0.25, 0.3) is 0 Å². The summed E-state index contributed by atoms with van der Waals surface area (Å²) in [5, 5.41) is 11.8. The van der Waals surface area contributed by atoms with Gasteiger partial charge in [0, 0.05) is 13.1 Å². The molecule has 1 rings (SSSR count). The number of nitrogens with zero attached hydrogens (tertiary/aromatic N) is 1. The third-order valence-electron chi connectivity index (χ3n) is 3.17. The predicted molar refractivity (Wildman–Crippen MR) is 78.8 cm³/mol. The number of halogens is 1. The van der Waals surface area contributed by atoms with Crippen LogP contribution in [0.3, 0.4) is 0 Å². The van der Waals surface area contributed by atoms with Gasteiger partial charge in [0.2, 0.25) is 0 Å². The van der Waals surface area contributed by atoms with Crippen LogP contribution in [0, 0.1) is 5.82 Å². The van der Waals surface area contributed by atoms with Crippen LogP contribution in [-0.2, 0) is 0 Å². The number of hydrogen-bond donors (Lipinski definition) is 2. The quantitative estimate of drug-likeness (QED) is 0.812. The summed E-state index contributed by atoms with van der Waals surface area (Å²) in [6.45, 7) is 4.50. The zero-order valence-corrected chi connectivity index (χ0v) is 12.7. The van der Waals surface area contributed by atoms with Crippen molar-refractivity contribution in [2.24, 2.45) is 0 Å². The summed E-state index contributed by atoms with van der Waals surface area (Å²) in [7, 11) is 1.40. The average Bonchev–Trinajstić information content (AvgIpc) is 2.46. The normalized spacial score (nSPS) is 11.9. The third kappa shape index (κ3) is 4.90. The van der Waals surface area contributed by atoms with Gasteiger partial charge >= 0.3 is 6.03 Å². The molecular weight excluding hydrogens is 275 g/mol. The second kappa shape index (κ2) is 8.46. The van der Waals surface area contributed by atoms with Gasteiger partial charge in [-0.25, -0.2) is 9.18 Å². The molecule has 21 heavy (non-hydrogen) atoms. The molecule has 0 fully saturated rings. The summed E-state index contributed by atoms with van der Waals surface area (Å²) in [6, 6.07) is 3.99. The van der Waals surface area contributed by atoms with Gasteiger partial charge in [-0.1, -0.05) is 13.0 Å². The van der Waals surface area contributed by atoms with Crippen molar-refractivity contribution in [1.29, 1.82) is 0 Å². The van der Waals surface area contributed by atoms with Crippen molar-refractivity contribution in [2.75, 3.05) is 26.8 Å². The molecule has 0 aliphatic heterocycles. The highest BCUT2D eigenvalue weighted by atomic mass is 19.1. The summed E-state index contributed by atoms with van der Waals surface area (Å²) in [6.07, 6.45) is 0.805. The van der Waals surface area contributed by atoms with E-state index in [1.807, 2.05) is 6.92 Å². The van der Waals surface area contributed by atoms with Gasteiger partial charge in [-0.15, -0.1) is 0 Å². The smallest absolute Gasteiger partial charge is 0.317 e. The van der Waals surface area contributed by atoms with Crippen LogP contribution >= 0.6 is 0 Å². The monoisotopic (exact) mass is 298 g/mol. The Bertz CT molecular complexity index is 462. The summed E-state index contributed by atoms with van der Waals surface area (Å²) < 4.78 is 18.5. The standard InChI is InChI=1S/C15H23FN2O3/c1-4-7-18(8-9-19)15(20)17-11(2)12-5-6-14(21-3)13(16)10-12/h5-6,10-11,19H,4,7-9H2,1-3H3,(H,17,20). The molecule has 0 aromatic heterocycles. The van der Waals surface area contributed by atoms with E-state index in [0.717, 1.165) is 6.42 Å². The Morgan fingerprint density at radius 3 is 2.71 bits per heavy atom. The number of aliphatic hydroxyl groups is 1. The molecule has 0 aliphatic rings. The first-order chi connectivity index (χ1) is 10.0. The highest BCUT2D eigenvalue weighted by molar-refractivity contribution is 5.74. The zero-order chi connectivity index (χ0) is 15.8. The molecule has 0 heterocycles. The number of hydrogen-bond acceptors (Lipinski definition) is 3. The topological polar surface area (TPSA) is 61.8 Å². The summed E-state index contributed by atoms with van der Waals surface area (Å²) in [5.41, 5.74) is 0.655. The van der Waals surface area contributed by atoms with E-state index in [4.69, 9.17) is 9.84 Å². The van der Waals surface area contributed by atoms with Crippen molar-refractivity contribution >= 4 is 6.03 Å². The molecule has 1 atom stereocenters. The number of aliphatic hydroxyl groups excluding tert-OH is 1. The lowest BCUT2D eigenvalue weighted by atomic mass is 10.1. The van der Waals surface area contributed by atoms with Gasteiger partial charge in [0.1, 0.15) is 0 Å². The highest BCUT2D eigenvalue weighted by Gasteiger charge is 2.16. The Morgan fingerprint density at radius 1 is 1.48 bits per heavy atom. The van der Waals surface area contributed by atoms with Crippen molar-refractivity contribution in [3.05, 3.63) is 29.6 Å². The average molecular weight is 298 g/mol. The molecular formula is C15H23FN2O3. The molecule has 1 aromatic rings. The Morgan fingerprint density at radius 2 is 2.19 bits per heavy atom. The lowest BCUT2D eigenvalue weighted by Crippen LogP contribution is -2.42. The SMILES string of the molecule is CCCN(CCO)C(=O)NC(C)c1ccc(OC)c(F)c1. The first-order valence-electron chi connectivity index (χ1n) is 7.03. The summed E-state index contributed by atoms with van der Waals surface area (Å²) in [5.74, 6) is -0.290. The molecule has 0 saturated heterocycles. The number of methoxy groups -OCH3 is 1. The molecule has 0 aliphatic carbocycles. The van der Waals surface area contributed by atoms with Gasteiger partial charge < -0.3 is 20.1 Å². The van der Waals surface area contributed by atoms with E-state index in [1.165, 1.54) is 24.1 Å². The maximum Gasteiger partial charge on any atom is 0.317 e. The van der Waals surface area contributed by atoms with Crippen LogP contribution in [0.4, 0.5) is 9.18 Å². The fourth-order valence-electron chi connectivity index (χ4n) is 2.02. The van der Waals surface area contributed by atoms with Gasteiger partial charge in [0.05, 0.1) is 19.8 Å². The Kier molecular flexibility index (Phi) is 6.94. The van der Waals surface area contributed by atoms with E-state index < -0.39 is 5.82 Å². The molecule has 1 aromatic carbocycles. The van der Waals surface area contributed by atoms with E-state index in [0.29, 0.717) is 12.1 Å². The van der Waals surface area contributed by atoms with E-state index in [-0.39, 0.29) is 31.0 Å². The van der Waals surface area contributed by atoms with Crippen molar-refractivity contribution in [1.82, 2.24) is 10.2 Å². The number of carbonyl (C=O) groups excluding carboxylic acids is 1. The summed E-state index contributed by atoms with van der Waals surface area (Å²) >= 11 is 0. The number of benzene rings is 1. The first-order valence-corrected chi connectivity index (χ1v) is 7.03. The molecule has 2 amide bonds. The van der Waals surface area contributed by atoms with Crippen LogP contribution in [0.5, 0.6) is 5.75 Å². The molecule has 118 valence electrons. The maximum atomic E-state index is 13.7. The van der Waals surface area contributed by atoms with Crippen molar-refractivity contribution < 1.29 is 19.0 Å². The minimum Gasteiger partial charge on any atom is -0.494 e. The molecule has 0 radical (unpaired) electrons. The number of ether oxygens (including phenoxy) is 1.